The summed E-state index contributed by atoms with van der Waals surface area (Å²) >= 11 is 21.8. The van der Waals surface area contributed by atoms with Crippen LogP contribution in [0.15, 0.2) is 10.1 Å². The van der Waals surface area contributed by atoms with E-state index >= 15 is 0 Å². The first kappa shape index (κ1) is 10.3. The minimum atomic E-state index is -1.12. The molecule has 2 unspecified atom stereocenters. The maximum Gasteiger partial charge on any atom is 0.195 e. The second kappa shape index (κ2) is 3.54. The Morgan fingerprint density at radius 2 is 1.08 bits per heavy atom. The molecule has 0 aromatic heterocycles. The summed E-state index contributed by atoms with van der Waals surface area (Å²) in [6, 6.07) is 0. The van der Waals surface area contributed by atoms with Crippen LogP contribution in [0.25, 0.3) is 0 Å². The molecule has 0 aliphatic heterocycles. The average molecular weight is 248 g/mol. The van der Waals surface area contributed by atoms with E-state index in [1.165, 1.54) is 0 Å². The molecule has 0 heterocycles. The molecule has 1 rings (SSSR count). The minimum Gasteiger partial charge on any atom is -0.291 e. The van der Waals surface area contributed by atoms with Crippen LogP contribution in [0, 0.1) is 0 Å². The average Bonchev–Trinajstić information content (AvgIpc) is 2.08. The van der Waals surface area contributed by atoms with Crippen molar-refractivity contribution in [3.8, 4) is 0 Å². The van der Waals surface area contributed by atoms with Gasteiger partial charge in [-0.15, -0.1) is 23.2 Å². The fourth-order valence-corrected chi connectivity index (χ4v) is 1.70. The number of carbonyl (C=O) groups excluding carboxylic acids is 2. The number of ketones is 2. The summed E-state index contributed by atoms with van der Waals surface area (Å²) in [7, 11) is 0. The van der Waals surface area contributed by atoms with E-state index in [1.54, 1.807) is 0 Å². The third-order valence-electron chi connectivity index (χ3n) is 1.38. The zero-order valence-electron chi connectivity index (χ0n) is 5.48. The predicted octanol–water partition coefficient (Wildman–Crippen LogP) is 2.04. The SMILES string of the molecule is O=C1C(Cl)=C(Cl)C(=O)C(Cl)C1Cl. The van der Waals surface area contributed by atoms with Gasteiger partial charge in [-0.2, -0.15) is 0 Å². The number of Topliss-reactive ketones (excluding diaryl/α,β-unsaturated/α-hetero) is 2. The maximum atomic E-state index is 11.0. The number of hydrogen-bond donors (Lipinski definition) is 0. The van der Waals surface area contributed by atoms with Gasteiger partial charge in [-0.25, -0.2) is 0 Å². The molecule has 0 aromatic rings. The third kappa shape index (κ3) is 1.49. The molecule has 0 amide bonds. The van der Waals surface area contributed by atoms with Crippen molar-refractivity contribution in [2.24, 2.45) is 0 Å². The van der Waals surface area contributed by atoms with Crippen LogP contribution in [0.3, 0.4) is 0 Å². The van der Waals surface area contributed by atoms with Gasteiger partial charge in [-0.1, -0.05) is 23.2 Å². The Kier molecular flexibility index (Phi) is 3.05. The largest absolute Gasteiger partial charge is 0.291 e. The standard InChI is InChI=1S/C6H2Cl4O2/c7-1-2(8)6(12)4(10)3(9)5(1)11/h1-2H. The lowest BCUT2D eigenvalue weighted by atomic mass is 10.0. The predicted molar refractivity (Wildman–Crippen MR) is 48.0 cm³/mol. The van der Waals surface area contributed by atoms with Crippen LogP contribution in [0.1, 0.15) is 0 Å². The molecule has 6 heteroatoms. The molecule has 0 N–H and O–H groups in total. The molecule has 66 valence electrons. The summed E-state index contributed by atoms with van der Waals surface area (Å²) in [4.78, 5) is 22.1. The number of alkyl halides is 2. The molecule has 0 saturated carbocycles. The summed E-state index contributed by atoms with van der Waals surface area (Å²) in [6.07, 6.45) is 0. The van der Waals surface area contributed by atoms with Gasteiger partial charge in [0.2, 0.25) is 0 Å². The van der Waals surface area contributed by atoms with Crippen molar-refractivity contribution in [2.45, 2.75) is 10.8 Å². The van der Waals surface area contributed by atoms with Crippen molar-refractivity contribution in [3.05, 3.63) is 10.1 Å². The van der Waals surface area contributed by atoms with E-state index in [0.29, 0.717) is 0 Å². The summed E-state index contributed by atoms with van der Waals surface area (Å²) < 4.78 is 0. The number of allylic oxidation sites excluding steroid dienone is 2. The fourth-order valence-electron chi connectivity index (χ4n) is 0.724. The van der Waals surface area contributed by atoms with Crippen LogP contribution in [0.5, 0.6) is 0 Å². The lowest BCUT2D eigenvalue weighted by molar-refractivity contribution is -0.120. The van der Waals surface area contributed by atoms with E-state index in [4.69, 9.17) is 46.4 Å². The first-order chi connectivity index (χ1) is 5.46. The Labute approximate surface area is 88.4 Å². The molecule has 0 spiro atoms. The van der Waals surface area contributed by atoms with Crippen molar-refractivity contribution in [1.82, 2.24) is 0 Å². The maximum absolute atomic E-state index is 11.0. The molecule has 1 aliphatic carbocycles. The van der Waals surface area contributed by atoms with E-state index in [1.807, 2.05) is 0 Å². The number of rotatable bonds is 0. The zero-order chi connectivity index (χ0) is 9.46. The second-order valence-corrected chi connectivity index (χ2v) is 3.86. The van der Waals surface area contributed by atoms with E-state index in [-0.39, 0.29) is 10.1 Å². The smallest absolute Gasteiger partial charge is 0.195 e. The van der Waals surface area contributed by atoms with Crippen molar-refractivity contribution in [3.63, 3.8) is 0 Å². The van der Waals surface area contributed by atoms with Gasteiger partial charge < -0.3 is 0 Å². The zero-order valence-corrected chi connectivity index (χ0v) is 8.51. The van der Waals surface area contributed by atoms with Gasteiger partial charge in [0.05, 0.1) is 0 Å². The number of hydrogen-bond acceptors (Lipinski definition) is 2. The van der Waals surface area contributed by atoms with Crippen molar-refractivity contribution in [1.29, 1.82) is 0 Å². The van der Waals surface area contributed by atoms with E-state index in [0.717, 1.165) is 0 Å². The van der Waals surface area contributed by atoms with Gasteiger partial charge in [0.15, 0.2) is 11.6 Å². The quantitative estimate of drug-likeness (QED) is 0.614. The fraction of sp³-hybridized carbons (Fsp3) is 0.333. The second-order valence-electron chi connectivity index (χ2n) is 2.16. The highest BCUT2D eigenvalue weighted by Gasteiger charge is 2.40. The molecule has 0 bridgehead atoms. The third-order valence-corrected chi connectivity index (χ3v) is 3.26. The van der Waals surface area contributed by atoms with Crippen LogP contribution < -0.4 is 0 Å². The minimum absolute atomic E-state index is 0.335. The molecule has 2 atom stereocenters. The molecule has 0 fully saturated rings. The van der Waals surface area contributed by atoms with Crippen LogP contribution in [-0.2, 0) is 9.59 Å². The Bertz CT molecular complexity index is 255. The Morgan fingerprint density at radius 3 is 1.33 bits per heavy atom. The highest BCUT2D eigenvalue weighted by atomic mass is 35.5. The molecule has 0 aromatic carbocycles. The van der Waals surface area contributed by atoms with Gasteiger partial charge in [-0.3, -0.25) is 9.59 Å². The summed E-state index contributed by atoms with van der Waals surface area (Å²) in [5.74, 6) is -1.22. The Balaban J connectivity index is 3.17. The number of halogens is 4. The summed E-state index contributed by atoms with van der Waals surface area (Å²) in [6.45, 7) is 0. The lowest BCUT2D eigenvalue weighted by Crippen LogP contribution is -2.37. The van der Waals surface area contributed by atoms with Crippen molar-refractivity contribution >= 4 is 58.0 Å². The van der Waals surface area contributed by atoms with Gasteiger partial charge in [0.25, 0.3) is 0 Å². The molecule has 12 heavy (non-hydrogen) atoms. The highest BCUT2D eigenvalue weighted by Crippen LogP contribution is 2.30. The first-order valence-electron chi connectivity index (χ1n) is 2.88. The monoisotopic (exact) mass is 246 g/mol. The van der Waals surface area contributed by atoms with Gasteiger partial charge >= 0.3 is 0 Å². The summed E-state index contributed by atoms with van der Waals surface area (Å²) in [5, 5.41) is -2.90. The van der Waals surface area contributed by atoms with Crippen molar-refractivity contribution < 1.29 is 9.59 Å². The topological polar surface area (TPSA) is 34.1 Å². The van der Waals surface area contributed by atoms with Crippen LogP contribution >= 0.6 is 46.4 Å². The normalized spacial score (nSPS) is 31.3. The van der Waals surface area contributed by atoms with Gasteiger partial charge in [0.1, 0.15) is 20.8 Å². The Morgan fingerprint density at radius 1 is 0.833 bits per heavy atom. The van der Waals surface area contributed by atoms with Gasteiger partial charge in [0, 0.05) is 0 Å². The molecule has 0 saturated heterocycles. The molecule has 1 aliphatic rings. The van der Waals surface area contributed by atoms with Crippen molar-refractivity contribution in [2.75, 3.05) is 0 Å². The molecular formula is C6H2Cl4O2. The van der Waals surface area contributed by atoms with Crippen LogP contribution in [0.2, 0.25) is 0 Å². The molecule has 0 radical (unpaired) electrons. The first-order valence-corrected chi connectivity index (χ1v) is 4.51. The molecule has 2 nitrogen and oxygen atoms in total. The number of carbonyl (C=O) groups is 2. The van der Waals surface area contributed by atoms with Gasteiger partial charge in [-0.05, 0) is 0 Å². The van der Waals surface area contributed by atoms with E-state index in [9.17, 15) is 9.59 Å². The van der Waals surface area contributed by atoms with E-state index < -0.39 is 22.3 Å². The highest BCUT2D eigenvalue weighted by molar-refractivity contribution is 6.63. The molecular weight excluding hydrogens is 246 g/mol. The van der Waals surface area contributed by atoms with Crippen LogP contribution in [-0.4, -0.2) is 22.3 Å². The lowest BCUT2D eigenvalue weighted by Gasteiger charge is -2.18. The van der Waals surface area contributed by atoms with Crippen LogP contribution in [0.4, 0.5) is 0 Å². The summed E-state index contributed by atoms with van der Waals surface area (Å²) in [5.41, 5.74) is 0. The van der Waals surface area contributed by atoms with E-state index in [2.05, 4.69) is 0 Å². The Hall–Kier alpha value is 0.240.